The van der Waals surface area contributed by atoms with E-state index in [4.69, 9.17) is 0 Å². The van der Waals surface area contributed by atoms with Crippen molar-refractivity contribution in [1.29, 1.82) is 0 Å². The summed E-state index contributed by atoms with van der Waals surface area (Å²) in [5.74, 6) is 0. The maximum absolute atomic E-state index is 9.24. The lowest BCUT2D eigenvalue weighted by atomic mass is 10.0. The van der Waals surface area contributed by atoms with E-state index in [9.17, 15) is 5.11 Å². The van der Waals surface area contributed by atoms with Crippen LogP contribution in [-0.2, 0) is 0 Å². The van der Waals surface area contributed by atoms with Crippen molar-refractivity contribution in [1.82, 2.24) is 10.2 Å². The van der Waals surface area contributed by atoms with Crippen molar-refractivity contribution in [3.63, 3.8) is 0 Å². The highest BCUT2D eigenvalue weighted by atomic mass is 35.5. The molecule has 1 fully saturated rings. The van der Waals surface area contributed by atoms with Gasteiger partial charge in [0, 0.05) is 38.8 Å². The second-order valence-corrected chi connectivity index (χ2v) is 4.72. The quantitative estimate of drug-likeness (QED) is 0.875. The molecule has 1 aromatic rings. The highest BCUT2D eigenvalue weighted by Gasteiger charge is 2.21. The van der Waals surface area contributed by atoms with Crippen LogP contribution in [0.5, 0.6) is 0 Å². The van der Waals surface area contributed by atoms with Gasteiger partial charge in [-0.25, -0.2) is 0 Å². The van der Waals surface area contributed by atoms with E-state index in [2.05, 4.69) is 41.4 Å². The molecule has 1 aromatic carbocycles. The molecule has 18 heavy (non-hydrogen) atoms. The van der Waals surface area contributed by atoms with Gasteiger partial charge in [-0.15, -0.1) is 12.4 Å². The second-order valence-electron chi connectivity index (χ2n) is 4.72. The summed E-state index contributed by atoms with van der Waals surface area (Å²) in [6.07, 6.45) is 0.822. The minimum Gasteiger partial charge on any atom is -0.396 e. The average Bonchev–Trinajstić information content (AvgIpc) is 2.38. The molecule has 0 spiro atoms. The summed E-state index contributed by atoms with van der Waals surface area (Å²) < 4.78 is 0. The van der Waals surface area contributed by atoms with E-state index in [-0.39, 0.29) is 19.0 Å². The Morgan fingerprint density at radius 2 is 1.83 bits per heavy atom. The Morgan fingerprint density at radius 3 is 2.39 bits per heavy atom. The van der Waals surface area contributed by atoms with Gasteiger partial charge in [-0.2, -0.15) is 0 Å². The Bertz CT molecular complexity index is 336. The Hall–Kier alpha value is -0.610. The SMILES string of the molecule is Cc1ccc([C@H](CCO)N2CCNCC2)cc1.Cl. The Balaban J connectivity index is 0.00000162. The molecule has 1 atom stereocenters. The van der Waals surface area contributed by atoms with Gasteiger partial charge in [-0.1, -0.05) is 29.8 Å². The number of rotatable bonds is 4. The van der Waals surface area contributed by atoms with E-state index in [1.54, 1.807) is 0 Å². The molecule has 1 heterocycles. The van der Waals surface area contributed by atoms with Crippen molar-refractivity contribution in [3.05, 3.63) is 35.4 Å². The highest BCUT2D eigenvalue weighted by molar-refractivity contribution is 5.85. The van der Waals surface area contributed by atoms with Crippen LogP contribution in [0.15, 0.2) is 24.3 Å². The van der Waals surface area contributed by atoms with E-state index in [1.807, 2.05) is 0 Å². The molecule has 0 unspecified atom stereocenters. The molecule has 2 N–H and O–H groups in total. The van der Waals surface area contributed by atoms with Crippen molar-refractivity contribution < 1.29 is 5.11 Å². The third-order valence-corrected chi connectivity index (χ3v) is 3.46. The number of nitrogens with one attached hydrogen (secondary N) is 1. The predicted octanol–water partition coefficient (Wildman–Crippen LogP) is 1.75. The molecule has 1 aliphatic heterocycles. The van der Waals surface area contributed by atoms with Crippen molar-refractivity contribution in [2.24, 2.45) is 0 Å². The number of aliphatic hydroxyl groups excluding tert-OH is 1. The minimum absolute atomic E-state index is 0. The van der Waals surface area contributed by atoms with Crippen molar-refractivity contribution in [3.8, 4) is 0 Å². The van der Waals surface area contributed by atoms with Crippen LogP contribution < -0.4 is 5.32 Å². The fourth-order valence-electron chi connectivity index (χ4n) is 2.46. The van der Waals surface area contributed by atoms with E-state index in [0.717, 1.165) is 32.6 Å². The lowest BCUT2D eigenvalue weighted by Gasteiger charge is -2.35. The van der Waals surface area contributed by atoms with Crippen molar-refractivity contribution in [2.45, 2.75) is 19.4 Å². The summed E-state index contributed by atoms with van der Waals surface area (Å²) in [7, 11) is 0. The summed E-state index contributed by atoms with van der Waals surface area (Å²) in [6, 6.07) is 9.06. The minimum atomic E-state index is 0. The summed E-state index contributed by atoms with van der Waals surface area (Å²) in [5, 5.41) is 12.6. The molecule has 2 rings (SSSR count). The van der Waals surface area contributed by atoms with E-state index in [1.165, 1.54) is 11.1 Å². The molecule has 3 nitrogen and oxygen atoms in total. The maximum atomic E-state index is 9.24. The topological polar surface area (TPSA) is 35.5 Å². The fourth-order valence-corrected chi connectivity index (χ4v) is 2.46. The van der Waals surface area contributed by atoms with Crippen LogP contribution in [0.1, 0.15) is 23.6 Å². The van der Waals surface area contributed by atoms with Crippen molar-refractivity contribution >= 4 is 12.4 Å². The highest BCUT2D eigenvalue weighted by Crippen LogP contribution is 2.24. The fraction of sp³-hybridized carbons (Fsp3) is 0.571. The first-order chi connectivity index (χ1) is 8.31. The lowest BCUT2D eigenvalue weighted by molar-refractivity contribution is 0.141. The zero-order valence-electron chi connectivity index (χ0n) is 10.9. The molecule has 1 saturated heterocycles. The maximum Gasteiger partial charge on any atom is 0.0449 e. The number of benzene rings is 1. The van der Waals surface area contributed by atoms with Crippen LogP contribution in [0.25, 0.3) is 0 Å². The standard InChI is InChI=1S/C14H22N2O.ClH/c1-12-2-4-13(5-3-12)14(6-11-17)16-9-7-15-8-10-16;/h2-5,14-15,17H,6-11H2,1H3;1H/t14-;/m0./s1. The van der Waals surface area contributed by atoms with E-state index < -0.39 is 0 Å². The molecule has 0 aromatic heterocycles. The number of hydrogen-bond donors (Lipinski definition) is 2. The van der Waals surface area contributed by atoms with Gasteiger partial charge in [0.15, 0.2) is 0 Å². The second kappa shape index (κ2) is 7.74. The first-order valence-electron chi connectivity index (χ1n) is 6.43. The Morgan fingerprint density at radius 1 is 1.22 bits per heavy atom. The van der Waals surface area contributed by atoms with E-state index >= 15 is 0 Å². The first kappa shape index (κ1) is 15.4. The molecule has 102 valence electrons. The summed E-state index contributed by atoms with van der Waals surface area (Å²) in [6.45, 7) is 6.59. The third-order valence-electron chi connectivity index (χ3n) is 3.46. The monoisotopic (exact) mass is 270 g/mol. The van der Waals surface area contributed by atoms with Gasteiger partial charge in [-0.05, 0) is 18.9 Å². The van der Waals surface area contributed by atoms with Crippen LogP contribution in [0.3, 0.4) is 0 Å². The smallest absolute Gasteiger partial charge is 0.0449 e. The zero-order valence-corrected chi connectivity index (χ0v) is 11.7. The molecule has 0 bridgehead atoms. The molecule has 0 radical (unpaired) electrons. The van der Waals surface area contributed by atoms with Crippen molar-refractivity contribution in [2.75, 3.05) is 32.8 Å². The molecule has 1 aliphatic rings. The number of aliphatic hydroxyl groups is 1. The molecular formula is C14H23ClN2O. The van der Waals surface area contributed by atoms with Crippen LogP contribution in [0.4, 0.5) is 0 Å². The predicted molar refractivity (Wildman–Crippen MR) is 77.3 cm³/mol. The number of halogens is 1. The Labute approximate surface area is 116 Å². The first-order valence-corrected chi connectivity index (χ1v) is 6.43. The Kier molecular flexibility index (Phi) is 6.65. The molecule has 4 heteroatoms. The van der Waals surface area contributed by atoms with Gasteiger partial charge < -0.3 is 10.4 Å². The van der Waals surface area contributed by atoms with Crippen LogP contribution in [-0.4, -0.2) is 42.8 Å². The van der Waals surface area contributed by atoms with Gasteiger partial charge in [0.25, 0.3) is 0 Å². The number of aryl methyl sites for hydroxylation is 1. The molecule has 0 aliphatic carbocycles. The lowest BCUT2D eigenvalue weighted by Crippen LogP contribution is -2.45. The third kappa shape index (κ3) is 3.95. The molecular weight excluding hydrogens is 248 g/mol. The number of nitrogens with zero attached hydrogens (tertiary/aromatic N) is 1. The van der Waals surface area contributed by atoms with Crippen LogP contribution >= 0.6 is 12.4 Å². The van der Waals surface area contributed by atoms with Gasteiger partial charge in [0.05, 0.1) is 0 Å². The number of hydrogen-bond acceptors (Lipinski definition) is 3. The zero-order chi connectivity index (χ0) is 12.1. The normalized spacial score (nSPS) is 18.1. The summed E-state index contributed by atoms with van der Waals surface area (Å²) in [4.78, 5) is 2.47. The summed E-state index contributed by atoms with van der Waals surface area (Å²) in [5.41, 5.74) is 2.61. The summed E-state index contributed by atoms with van der Waals surface area (Å²) >= 11 is 0. The van der Waals surface area contributed by atoms with Gasteiger partial charge in [-0.3, -0.25) is 4.90 Å². The molecule has 0 amide bonds. The van der Waals surface area contributed by atoms with Gasteiger partial charge in [0.2, 0.25) is 0 Å². The largest absolute Gasteiger partial charge is 0.396 e. The van der Waals surface area contributed by atoms with Gasteiger partial charge in [0.1, 0.15) is 0 Å². The number of piperazine rings is 1. The average molecular weight is 271 g/mol. The van der Waals surface area contributed by atoms with Crippen LogP contribution in [0.2, 0.25) is 0 Å². The molecule has 0 saturated carbocycles. The van der Waals surface area contributed by atoms with Gasteiger partial charge >= 0.3 is 0 Å². The van der Waals surface area contributed by atoms with Crippen LogP contribution in [0, 0.1) is 6.92 Å². The van der Waals surface area contributed by atoms with E-state index in [0.29, 0.717) is 6.04 Å².